The summed E-state index contributed by atoms with van der Waals surface area (Å²) in [5, 5.41) is 0. The summed E-state index contributed by atoms with van der Waals surface area (Å²) in [5.41, 5.74) is 5.74. The van der Waals surface area contributed by atoms with E-state index in [4.69, 9.17) is 0 Å². The van der Waals surface area contributed by atoms with E-state index in [1.54, 1.807) is 0 Å². The molecule has 0 aromatic heterocycles. The van der Waals surface area contributed by atoms with E-state index >= 15 is 0 Å². The standard InChI is InChI=1S/C19H25NO2S/c1-12-7-9-18(10-8-12)17(6)20-23(21,22)19-15(4)13(2)11-14(3)16(19)5/h7-11,17,20H,1-6H3. The zero-order valence-corrected chi connectivity index (χ0v) is 15.5. The van der Waals surface area contributed by atoms with Crippen molar-refractivity contribution in [2.75, 3.05) is 0 Å². The minimum Gasteiger partial charge on any atom is -0.207 e. The smallest absolute Gasteiger partial charge is 0.207 e. The molecule has 0 aliphatic carbocycles. The third-order valence-corrected chi connectivity index (χ3v) is 6.29. The highest BCUT2D eigenvalue weighted by Gasteiger charge is 2.24. The SMILES string of the molecule is Cc1ccc(C(C)NS(=O)(=O)c2c(C)c(C)cc(C)c2C)cc1. The second-order valence-electron chi connectivity index (χ2n) is 6.34. The Hall–Kier alpha value is -1.65. The average molecular weight is 331 g/mol. The summed E-state index contributed by atoms with van der Waals surface area (Å²) < 4.78 is 28.7. The number of aryl methyl sites for hydroxylation is 3. The molecule has 0 aliphatic rings. The van der Waals surface area contributed by atoms with Crippen LogP contribution in [0, 0.1) is 34.6 Å². The van der Waals surface area contributed by atoms with E-state index < -0.39 is 10.0 Å². The van der Waals surface area contributed by atoms with Crippen molar-refractivity contribution >= 4 is 10.0 Å². The molecule has 2 aromatic carbocycles. The molecular formula is C19H25NO2S. The first-order valence-electron chi connectivity index (χ1n) is 7.79. The molecule has 1 atom stereocenters. The van der Waals surface area contributed by atoms with E-state index in [1.807, 2.05) is 71.9 Å². The number of hydrogen-bond donors (Lipinski definition) is 1. The van der Waals surface area contributed by atoms with E-state index in [-0.39, 0.29) is 6.04 Å². The van der Waals surface area contributed by atoms with Gasteiger partial charge in [-0.2, -0.15) is 0 Å². The van der Waals surface area contributed by atoms with Gasteiger partial charge >= 0.3 is 0 Å². The molecule has 0 heterocycles. The van der Waals surface area contributed by atoms with Gasteiger partial charge in [0.2, 0.25) is 10.0 Å². The second kappa shape index (κ2) is 6.46. The van der Waals surface area contributed by atoms with E-state index in [0.717, 1.165) is 33.4 Å². The van der Waals surface area contributed by atoms with Crippen LogP contribution in [0.4, 0.5) is 0 Å². The summed E-state index contributed by atoms with van der Waals surface area (Å²) in [5.74, 6) is 0. The fourth-order valence-electron chi connectivity index (χ4n) is 2.80. The highest BCUT2D eigenvalue weighted by molar-refractivity contribution is 7.89. The van der Waals surface area contributed by atoms with Gasteiger partial charge in [0.15, 0.2) is 0 Å². The molecule has 0 aliphatic heterocycles. The van der Waals surface area contributed by atoms with Gasteiger partial charge < -0.3 is 0 Å². The zero-order chi connectivity index (χ0) is 17.4. The Morgan fingerprint density at radius 2 is 1.35 bits per heavy atom. The quantitative estimate of drug-likeness (QED) is 0.909. The third kappa shape index (κ3) is 3.65. The number of nitrogens with one attached hydrogen (secondary N) is 1. The summed E-state index contributed by atoms with van der Waals surface area (Å²) >= 11 is 0. The first kappa shape index (κ1) is 17.7. The van der Waals surface area contributed by atoms with Crippen LogP contribution in [-0.4, -0.2) is 8.42 Å². The zero-order valence-electron chi connectivity index (χ0n) is 14.7. The third-order valence-electron chi connectivity index (χ3n) is 4.48. The molecule has 23 heavy (non-hydrogen) atoms. The van der Waals surface area contributed by atoms with Crippen LogP contribution < -0.4 is 4.72 Å². The van der Waals surface area contributed by atoms with Crippen molar-refractivity contribution < 1.29 is 8.42 Å². The first-order valence-corrected chi connectivity index (χ1v) is 9.28. The van der Waals surface area contributed by atoms with Gasteiger partial charge in [0, 0.05) is 6.04 Å². The molecule has 2 aromatic rings. The Balaban J connectivity index is 2.42. The summed E-state index contributed by atoms with van der Waals surface area (Å²) in [6.45, 7) is 11.5. The number of hydrogen-bond acceptors (Lipinski definition) is 2. The van der Waals surface area contributed by atoms with Crippen LogP contribution in [-0.2, 0) is 10.0 Å². The highest BCUT2D eigenvalue weighted by Crippen LogP contribution is 2.27. The molecule has 3 nitrogen and oxygen atoms in total. The molecule has 124 valence electrons. The Morgan fingerprint density at radius 1 is 0.870 bits per heavy atom. The lowest BCUT2D eigenvalue weighted by molar-refractivity contribution is 0.565. The minimum atomic E-state index is -3.57. The van der Waals surface area contributed by atoms with Crippen LogP contribution in [0.1, 0.15) is 46.3 Å². The van der Waals surface area contributed by atoms with Gasteiger partial charge in [-0.25, -0.2) is 13.1 Å². The summed E-state index contributed by atoms with van der Waals surface area (Å²) in [4.78, 5) is 0.411. The van der Waals surface area contributed by atoms with Crippen LogP contribution in [0.5, 0.6) is 0 Å². The molecule has 4 heteroatoms. The summed E-state index contributed by atoms with van der Waals surface area (Å²) in [7, 11) is -3.57. The summed E-state index contributed by atoms with van der Waals surface area (Å²) in [6, 6.07) is 9.67. The Bertz CT molecular complexity index is 795. The van der Waals surface area contributed by atoms with Crippen LogP contribution in [0.2, 0.25) is 0 Å². The van der Waals surface area contributed by atoms with Crippen molar-refractivity contribution in [3.8, 4) is 0 Å². The molecule has 0 bridgehead atoms. The van der Waals surface area contributed by atoms with E-state index in [0.29, 0.717) is 4.90 Å². The van der Waals surface area contributed by atoms with Gasteiger partial charge in [0.05, 0.1) is 4.90 Å². The predicted octanol–water partition coefficient (Wildman–Crippen LogP) is 4.27. The van der Waals surface area contributed by atoms with Gasteiger partial charge in [-0.05, 0) is 69.4 Å². The molecule has 1 N–H and O–H groups in total. The molecule has 0 saturated heterocycles. The number of benzene rings is 2. The molecule has 2 rings (SSSR count). The Labute approximate surface area is 139 Å². The molecule has 0 radical (unpaired) electrons. The highest BCUT2D eigenvalue weighted by atomic mass is 32.2. The van der Waals surface area contributed by atoms with Crippen molar-refractivity contribution in [3.63, 3.8) is 0 Å². The lowest BCUT2D eigenvalue weighted by Gasteiger charge is -2.19. The Morgan fingerprint density at radius 3 is 1.83 bits per heavy atom. The van der Waals surface area contributed by atoms with E-state index in [2.05, 4.69) is 4.72 Å². The van der Waals surface area contributed by atoms with Gasteiger partial charge in [0.25, 0.3) is 0 Å². The fourth-order valence-corrected chi connectivity index (χ4v) is 4.65. The minimum absolute atomic E-state index is 0.278. The topological polar surface area (TPSA) is 46.2 Å². The molecule has 1 unspecified atom stereocenters. The van der Waals surface area contributed by atoms with Crippen LogP contribution >= 0.6 is 0 Å². The average Bonchev–Trinajstić information content (AvgIpc) is 2.45. The molecule has 0 spiro atoms. The van der Waals surface area contributed by atoms with Crippen molar-refractivity contribution in [2.45, 2.75) is 52.5 Å². The van der Waals surface area contributed by atoms with Crippen molar-refractivity contribution in [1.29, 1.82) is 0 Å². The maximum absolute atomic E-state index is 12.9. The predicted molar refractivity (Wildman–Crippen MR) is 95.3 cm³/mol. The van der Waals surface area contributed by atoms with E-state index in [9.17, 15) is 8.42 Å². The normalized spacial score (nSPS) is 13.1. The maximum atomic E-state index is 12.9. The number of rotatable bonds is 4. The van der Waals surface area contributed by atoms with Crippen LogP contribution in [0.25, 0.3) is 0 Å². The lowest BCUT2D eigenvalue weighted by Crippen LogP contribution is -2.28. The fraction of sp³-hybridized carbons (Fsp3) is 0.368. The summed E-state index contributed by atoms with van der Waals surface area (Å²) in [6.07, 6.45) is 0. The molecule has 0 amide bonds. The Kier molecular flexibility index (Phi) is 4.97. The lowest BCUT2D eigenvalue weighted by atomic mass is 10.0. The van der Waals surface area contributed by atoms with Crippen LogP contribution in [0.3, 0.4) is 0 Å². The second-order valence-corrected chi connectivity index (χ2v) is 7.99. The molecule has 0 saturated carbocycles. The van der Waals surface area contributed by atoms with Crippen molar-refractivity contribution in [2.24, 2.45) is 0 Å². The molecular weight excluding hydrogens is 306 g/mol. The van der Waals surface area contributed by atoms with Crippen molar-refractivity contribution in [1.82, 2.24) is 4.72 Å². The van der Waals surface area contributed by atoms with E-state index in [1.165, 1.54) is 0 Å². The van der Waals surface area contributed by atoms with Gasteiger partial charge in [-0.1, -0.05) is 35.9 Å². The maximum Gasteiger partial charge on any atom is 0.241 e. The van der Waals surface area contributed by atoms with Gasteiger partial charge in [0.1, 0.15) is 0 Å². The van der Waals surface area contributed by atoms with Gasteiger partial charge in [-0.3, -0.25) is 0 Å². The van der Waals surface area contributed by atoms with Crippen molar-refractivity contribution in [3.05, 3.63) is 63.7 Å². The largest absolute Gasteiger partial charge is 0.241 e. The first-order chi connectivity index (χ1) is 10.6. The van der Waals surface area contributed by atoms with Crippen LogP contribution in [0.15, 0.2) is 35.2 Å². The number of sulfonamides is 1. The van der Waals surface area contributed by atoms with Gasteiger partial charge in [-0.15, -0.1) is 0 Å². The molecule has 0 fully saturated rings. The monoisotopic (exact) mass is 331 g/mol.